The number of hydrogen-bond acceptors (Lipinski definition) is 9. The first-order chi connectivity index (χ1) is 18.8. The molecule has 0 aromatic carbocycles. The van der Waals surface area contributed by atoms with E-state index in [9.17, 15) is 24.3 Å². The number of fused-ring (bicyclic) bond motifs is 2. The van der Waals surface area contributed by atoms with Gasteiger partial charge < -0.3 is 35.1 Å². The van der Waals surface area contributed by atoms with Gasteiger partial charge in [-0.3, -0.25) is 14.4 Å². The fourth-order valence-corrected chi connectivity index (χ4v) is 5.18. The predicted octanol–water partition coefficient (Wildman–Crippen LogP) is 2.49. The minimum atomic E-state index is -0.961. The molecule has 2 aliphatic rings. The summed E-state index contributed by atoms with van der Waals surface area (Å²) in [6, 6.07) is 0. The lowest BCUT2D eigenvalue weighted by Gasteiger charge is -2.33. The van der Waals surface area contributed by atoms with E-state index in [0.29, 0.717) is 12.8 Å². The second kappa shape index (κ2) is 14.9. The lowest BCUT2D eigenvalue weighted by molar-refractivity contribution is -0.120. The van der Waals surface area contributed by atoms with E-state index < -0.39 is 48.0 Å². The molecular weight excluding hydrogens is 520 g/mol. The summed E-state index contributed by atoms with van der Waals surface area (Å²) in [6.45, 7) is 7.16. The lowest BCUT2D eigenvalue weighted by atomic mass is 9.82. The van der Waals surface area contributed by atoms with Crippen molar-refractivity contribution in [1.82, 2.24) is 5.32 Å². The van der Waals surface area contributed by atoms with Gasteiger partial charge in [0.2, 0.25) is 11.6 Å². The van der Waals surface area contributed by atoms with Gasteiger partial charge in [-0.05, 0) is 43.9 Å². The zero-order valence-electron chi connectivity index (χ0n) is 24.3. The fraction of sp³-hybridized carbons (Fsp3) is 0.586. The monoisotopic (exact) mass is 562 g/mol. The second-order valence-electron chi connectivity index (χ2n) is 10.6. The summed E-state index contributed by atoms with van der Waals surface area (Å²) in [6.07, 6.45) is 2.81. The summed E-state index contributed by atoms with van der Waals surface area (Å²) in [5, 5.41) is 13.7. The van der Waals surface area contributed by atoms with Crippen LogP contribution < -0.4 is 11.1 Å². The third kappa shape index (κ3) is 8.36. The summed E-state index contributed by atoms with van der Waals surface area (Å²) in [4.78, 5) is 50.7. The van der Waals surface area contributed by atoms with E-state index in [4.69, 9.17) is 24.7 Å². The van der Waals surface area contributed by atoms with E-state index in [1.54, 1.807) is 19.1 Å². The third-order valence-corrected chi connectivity index (χ3v) is 7.36. The number of methoxy groups -OCH3 is 3. The maximum Gasteiger partial charge on any atom is 0.404 e. The van der Waals surface area contributed by atoms with Crippen LogP contribution in [0.4, 0.5) is 4.79 Å². The summed E-state index contributed by atoms with van der Waals surface area (Å²) < 4.78 is 21.9. The van der Waals surface area contributed by atoms with Crippen molar-refractivity contribution in [2.45, 2.75) is 71.4 Å². The van der Waals surface area contributed by atoms with E-state index in [0.717, 1.165) is 6.08 Å². The quantitative estimate of drug-likeness (QED) is 0.437. The summed E-state index contributed by atoms with van der Waals surface area (Å²) in [5.74, 6) is -2.44. The molecule has 0 fully saturated rings. The van der Waals surface area contributed by atoms with Crippen LogP contribution in [0.3, 0.4) is 0 Å². The van der Waals surface area contributed by atoms with Crippen molar-refractivity contribution in [3.05, 3.63) is 46.9 Å². The molecule has 0 saturated heterocycles. The first-order valence-corrected chi connectivity index (χ1v) is 13.3. The molecule has 222 valence electrons. The van der Waals surface area contributed by atoms with Gasteiger partial charge in [-0.25, -0.2) is 4.79 Å². The van der Waals surface area contributed by atoms with Gasteiger partial charge >= 0.3 is 6.09 Å². The highest BCUT2D eigenvalue weighted by Crippen LogP contribution is 2.31. The molecular formula is C29H42N2O9. The Hall–Kier alpha value is -3.28. The molecule has 2 amide bonds. The molecule has 1 aliphatic carbocycles. The van der Waals surface area contributed by atoms with Crippen molar-refractivity contribution in [1.29, 1.82) is 0 Å². The van der Waals surface area contributed by atoms with Crippen LogP contribution in [0, 0.1) is 17.8 Å². The van der Waals surface area contributed by atoms with Crippen molar-refractivity contribution < 1.29 is 43.2 Å². The van der Waals surface area contributed by atoms with E-state index in [1.807, 2.05) is 20.8 Å². The molecule has 7 atom stereocenters. The maximum atomic E-state index is 13.3. The molecule has 0 aromatic rings. The number of amides is 2. The standard InChI is InChI=1S/C29H42N2O9/c1-15-11-19-25(34)20(14-21(32)27(19)39-7)31-28(35)16(2)9-8-10-22(37-5)26(40-29(30)36)18(4)13-17(3)24(33)23(12-15)38-6/h8-10,14-15,17-18,22-24,26,33H,11-13H2,1-7H3,(H2,30,36)(H,31,35)/b10-8-,16-9+/t15-,17+,18?,22+,23+,24-,26+/m1/s1. The SMILES string of the molecule is COC1=C2C[C@@H](C)C[C@H](OC)[C@H](O)[C@@H](C)CC(C)[C@H](OC(N)=O)[C@@H](OC)/C=C\C=C(/C)C(=O)NC(=CC1=O)C2=O. The number of nitrogens with one attached hydrogen (secondary N) is 1. The van der Waals surface area contributed by atoms with Gasteiger partial charge in [-0.2, -0.15) is 0 Å². The van der Waals surface area contributed by atoms with Gasteiger partial charge in [-0.1, -0.05) is 39.0 Å². The van der Waals surface area contributed by atoms with Gasteiger partial charge in [0.15, 0.2) is 5.76 Å². The van der Waals surface area contributed by atoms with Gasteiger partial charge in [-0.15, -0.1) is 0 Å². The Bertz CT molecular complexity index is 1090. The van der Waals surface area contributed by atoms with Crippen LogP contribution in [0.25, 0.3) is 0 Å². The van der Waals surface area contributed by atoms with E-state index in [2.05, 4.69) is 5.32 Å². The van der Waals surface area contributed by atoms with E-state index >= 15 is 0 Å². The van der Waals surface area contributed by atoms with Crippen molar-refractivity contribution in [2.75, 3.05) is 21.3 Å². The molecule has 0 aromatic heterocycles. The Morgan fingerprint density at radius 1 is 1.05 bits per heavy atom. The topological polar surface area (TPSA) is 163 Å². The highest BCUT2D eigenvalue weighted by Gasteiger charge is 2.35. The fourth-order valence-electron chi connectivity index (χ4n) is 5.18. The molecule has 40 heavy (non-hydrogen) atoms. The number of primary amides is 1. The van der Waals surface area contributed by atoms with Crippen LogP contribution in [0.1, 0.15) is 47.0 Å². The Balaban J connectivity index is 2.54. The molecule has 11 heteroatoms. The number of allylic oxidation sites excluding steroid dienone is 4. The number of aliphatic hydroxyl groups excluding tert-OH is 1. The van der Waals surface area contributed by atoms with Crippen LogP contribution in [0.5, 0.6) is 0 Å². The Kier molecular flexibility index (Phi) is 12.3. The minimum Gasteiger partial charge on any atom is -0.492 e. The molecule has 1 aliphatic heterocycles. The zero-order valence-corrected chi connectivity index (χ0v) is 24.3. The largest absolute Gasteiger partial charge is 0.492 e. The smallest absolute Gasteiger partial charge is 0.404 e. The Morgan fingerprint density at radius 3 is 2.30 bits per heavy atom. The molecule has 0 spiro atoms. The number of rotatable bonds is 4. The zero-order chi connectivity index (χ0) is 30.1. The number of Topliss-reactive ketones (excluding diaryl/α,β-unsaturated/α-hetero) is 1. The summed E-state index contributed by atoms with van der Waals surface area (Å²) in [7, 11) is 4.27. The number of ether oxygens (including phenoxy) is 4. The third-order valence-electron chi connectivity index (χ3n) is 7.36. The maximum absolute atomic E-state index is 13.3. The Morgan fingerprint density at radius 2 is 1.73 bits per heavy atom. The van der Waals surface area contributed by atoms with Crippen molar-refractivity contribution in [3.8, 4) is 0 Å². The second-order valence-corrected chi connectivity index (χ2v) is 10.6. The number of aliphatic hydroxyl groups is 1. The summed E-state index contributed by atoms with van der Waals surface area (Å²) >= 11 is 0. The van der Waals surface area contributed by atoms with Crippen LogP contribution in [-0.2, 0) is 33.3 Å². The van der Waals surface area contributed by atoms with Gasteiger partial charge in [0.25, 0.3) is 5.91 Å². The average molecular weight is 563 g/mol. The first kappa shape index (κ1) is 32.9. The molecule has 1 unspecified atom stereocenters. The average Bonchev–Trinajstić information content (AvgIpc) is 2.90. The van der Waals surface area contributed by atoms with Crippen LogP contribution >= 0.6 is 0 Å². The molecule has 1 heterocycles. The highest BCUT2D eigenvalue weighted by molar-refractivity contribution is 6.23. The van der Waals surface area contributed by atoms with E-state index in [-0.39, 0.29) is 46.8 Å². The first-order valence-electron chi connectivity index (χ1n) is 13.3. The van der Waals surface area contributed by atoms with Gasteiger partial charge in [0, 0.05) is 31.4 Å². The molecule has 4 N–H and O–H groups in total. The normalized spacial score (nSPS) is 33.4. The van der Waals surface area contributed by atoms with Gasteiger partial charge in [0.05, 0.1) is 25.0 Å². The Labute approximate surface area is 235 Å². The highest BCUT2D eigenvalue weighted by atomic mass is 16.6. The van der Waals surface area contributed by atoms with Crippen molar-refractivity contribution in [2.24, 2.45) is 23.5 Å². The van der Waals surface area contributed by atoms with Crippen molar-refractivity contribution in [3.63, 3.8) is 0 Å². The minimum absolute atomic E-state index is 0.0706. The number of ketones is 2. The van der Waals surface area contributed by atoms with Crippen molar-refractivity contribution >= 4 is 23.6 Å². The molecule has 2 bridgehead atoms. The predicted molar refractivity (Wildman–Crippen MR) is 147 cm³/mol. The summed E-state index contributed by atoms with van der Waals surface area (Å²) in [5.41, 5.74) is 5.60. The number of hydrogen-bond donors (Lipinski definition) is 3. The lowest BCUT2D eigenvalue weighted by Crippen LogP contribution is -2.41. The molecule has 0 saturated carbocycles. The van der Waals surface area contributed by atoms with Crippen LogP contribution in [0.2, 0.25) is 0 Å². The number of carbonyl (C=O) groups is 4. The van der Waals surface area contributed by atoms with Crippen LogP contribution in [0.15, 0.2) is 46.9 Å². The molecule has 0 radical (unpaired) electrons. The van der Waals surface area contributed by atoms with Crippen LogP contribution in [-0.4, -0.2) is 74.4 Å². The number of nitrogens with two attached hydrogens (primary N) is 1. The number of carbonyl (C=O) groups excluding carboxylic acids is 4. The van der Waals surface area contributed by atoms with Gasteiger partial charge in [0.1, 0.15) is 12.2 Å². The van der Waals surface area contributed by atoms with E-state index in [1.165, 1.54) is 27.4 Å². The molecule has 2 rings (SSSR count). The molecule has 11 nitrogen and oxygen atoms in total.